The SMILES string of the molecule is CCN=C(NC(C)(C)C)P(c1ccccc1)c1ccccc1.CC[N-]C(C)[N-]C(C)(C)C.CC[N-]C([N-]C(C)(C)C)P(c1ccccc1)c1ccccc1.[CH3-].[CH3-].[Zr]. The Hall–Kier alpha value is -2.07. The second kappa shape index (κ2) is 29.2. The molecule has 0 aliphatic heterocycles. The minimum absolute atomic E-state index is 0. The summed E-state index contributed by atoms with van der Waals surface area (Å²) >= 11 is 0. The van der Waals surface area contributed by atoms with Gasteiger partial charge < -0.3 is 41.4 Å². The van der Waals surface area contributed by atoms with Crippen molar-refractivity contribution >= 4 is 42.6 Å². The van der Waals surface area contributed by atoms with Gasteiger partial charge in [-0.2, -0.15) is 13.1 Å². The Labute approximate surface area is 372 Å². The molecule has 0 bridgehead atoms. The zero-order valence-corrected chi connectivity index (χ0v) is 42.2. The van der Waals surface area contributed by atoms with Crippen molar-refractivity contribution in [1.29, 1.82) is 0 Å². The molecular formula is C48H74N6P2Zr-6. The summed E-state index contributed by atoms with van der Waals surface area (Å²) in [6, 6.07) is 42.7. The quantitative estimate of drug-likeness (QED) is 0.0617. The molecule has 0 heterocycles. The van der Waals surface area contributed by atoms with E-state index in [1.54, 1.807) is 0 Å². The summed E-state index contributed by atoms with van der Waals surface area (Å²) in [5.41, 5.74) is 1.06. The Morgan fingerprint density at radius 2 is 0.912 bits per heavy atom. The van der Waals surface area contributed by atoms with Crippen molar-refractivity contribution < 1.29 is 26.2 Å². The number of benzene rings is 4. The predicted octanol–water partition coefficient (Wildman–Crippen LogP) is 12.6. The Kier molecular flexibility index (Phi) is 29.2. The van der Waals surface area contributed by atoms with Gasteiger partial charge in [-0.05, 0) is 48.9 Å². The van der Waals surface area contributed by atoms with Gasteiger partial charge in [0.05, 0.1) is 0 Å². The van der Waals surface area contributed by atoms with Gasteiger partial charge in [0.15, 0.2) is 0 Å². The van der Waals surface area contributed by atoms with Crippen molar-refractivity contribution in [2.45, 2.75) is 119 Å². The number of aliphatic imine (C=N–C) groups is 1. The van der Waals surface area contributed by atoms with E-state index in [-0.39, 0.29) is 69.7 Å². The molecule has 4 aromatic rings. The molecule has 316 valence electrons. The smallest absolute Gasteiger partial charge is 0.129 e. The monoisotopic (exact) mass is 886 g/mol. The van der Waals surface area contributed by atoms with Crippen LogP contribution in [0.25, 0.3) is 21.3 Å². The van der Waals surface area contributed by atoms with Crippen LogP contribution in [0.3, 0.4) is 0 Å². The fraction of sp³-hybridized carbons (Fsp3) is 0.438. The van der Waals surface area contributed by atoms with Crippen LogP contribution in [0.1, 0.15) is 90.0 Å². The molecule has 0 aromatic heterocycles. The second-order valence-electron chi connectivity index (χ2n) is 15.8. The number of nitrogens with one attached hydrogen (secondary N) is 1. The zero-order chi connectivity index (χ0) is 40.2. The van der Waals surface area contributed by atoms with E-state index in [9.17, 15) is 0 Å². The molecule has 0 spiro atoms. The van der Waals surface area contributed by atoms with Gasteiger partial charge in [-0.3, -0.25) is 4.99 Å². The Morgan fingerprint density at radius 1 is 0.561 bits per heavy atom. The maximum atomic E-state index is 5.01. The first-order valence-corrected chi connectivity index (χ1v) is 22.1. The third-order valence-corrected chi connectivity index (χ3v) is 12.0. The molecule has 2 unspecified atom stereocenters. The summed E-state index contributed by atoms with van der Waals surface area (Å²) in [5.74, 6) is 0.00444. The van der Waals surface area contributed by atoms with Gasteiger partial charge in [0.2, 0.25) is 0 Å². The summed E-state index contributed by atoms with van der Waals surface area (Å²) in [7, 11) is -1.26. The van der Waals surface area contributed by atoms with E-state index in [0.717, 1.165) is 25.2 Å². The second-order valence-corrected chi connectivity index (χ2v) is 20.2. The minimum atomic E-state index is -0.646. The molecule has 6 nitrogen and oxygen atoms in total. The summed E-state index contributed by atoms with van der Waals surface area (Å²) in [5, 5.41) is 27.5. The number of hydrogen-bond donors (Lipinski definition) is 1. The fourth-order valence-electron chi connectivity index (χ4n) is 5.35. The van der Waals surface area contributed by atoms with E-state index >= 15 is 0 Å². The van der Waals surface area contributed by atoms with E-state index in [0.29, 0.717) is 0 Å². The van der Waals surface area contributed by atoms with Gasteiger partial charge in [-0.25, -0.2) is 12.1 Å². The summed E-state index contributed by atoms with van der Waals surface area (Å²) in [6.07, 6.45) is 0.157. The van der Waals surface area contributed by atoms with Crippen LogP contribution < -0.4 is 26.5 Å². The predicted molar refractivity (Wildman–Crippen MR) is 259 cm³/mol. The van der Waals surface area contributed by atoms with Crippen molar-refractivity contribution in [3.63, 3.8) is 0 Å². The molecule has 0 saturated heterocycles. The molecule has 0 aliphatic carbocycles. The summed E-state index contributed by atoms with van der Waals surface area (Å²) in [4.78, 5) is 4.80. The topological polar surface area (TPSA) is 80.8 Å². The number of rotatable bonds is 13. The van der Waals surface area contributed by atoms with Gasteiger partial charge in [0.25, 0.3) is 0 Å². The van der Waals surface area contributed by atoms with Crippen LogP contribution in [-0.4, -0.2) is 53.9 Å². The molecule has 4 aromatic carbocycles. The van der Waals surface area contributed by atoms with Gasteiger partial charge in [0, 0.05) is 46.2 Å². The van der Waals surface area contributed by atoms with Gasteiger partial charge >= 0.3 is 0 Å². The molecule has 0 aliphatic rings. The maximum Gasteiger partial charge on any atom is 0.129 e. The zero-order valence-electron chi connectivity index (χ0n) is 38.0. The van der Waals surface area contributed by atoms with Crippen LogP contribution in [0.15, 0.2) is 126 Å². The molecular weight excluding hydrogens is 814 g/mol. The van der Waals surface area contributed by atoms with Gasteiger partial charge in [0.1, 0.15) is 5.58 Å². The third kappa shape index (κ3) is 23.9. The largest absolute Gasteiger partial charge is 0.678 e. The fourth-order valence-corrected chi connectivity index (χ4v) is 10.4. The normalized spacial score (nSPS) is 12.6. The van der Waals surface area contributed by atoms with Crippen LogP contribution in [0.4, 0.5) is 0 Å². The molecule has 9 heteroatoms. The molecule has 0 fully saturated rings. The van der Waals surface area contributed by atoms with Crippen LogP contribution in [0, 0.1) is 14.9 Å². The molecule has 57 heavy (non-hydrogen) atoms. The molecule has 1 N–H and O–H groups in total. The molecule has 0 saturated carbocycles. The van der Waals surface area contributed by atoms with E-state index < -0.39 is 15.8 Å². The Balaban J connectivity index is 0. The van der Waals surface area contributed by atoms with E-state index in [1.807, 2.05) is 13.8 Å². The number of hydrogen-bond acceptors (Lipinski definition) is 1. The van der Waals surface area contributed by atoms with Crippen LogP contribution in [0.2, 0.25) is 0 Å². The van der Waals surface area contributed by atoms with E-state index in [1.165, 1.54) is 21.2 Å². The first-order chi connectivity index (χ1) is 25.5. The summed E-state index contributed by atoms with van der Waals surface area (Å²) in [6.45, 7) is 30.0. The Bertz CT molecular complexity index is 1490. The first-order valence-electron chi connectivity index (χ1n) is 19.4. The first kappa shape index (κ1) is 57.0. The van der Waals surface area contributed by atoms with Crippen molar-refractivity contribution in [2.24, 2.45) is 4.99 Å². The van der Waals surface area contributed by atoms with E-state index in [2.05, 4.69) is 213 Å². The summed E-state index contributed by atoms with van der Waals surface area (Å²) < 4.78 is 0. The number of nitrogens with zero attached hydrogens (tertiary/aromatic N) is 5. The van der Waals surface area contributed by atoms with Crippen LogP contribution in [0.5, 0.6) is 0 Å². The molecule has 4 rings (SSSR count). The van der Waals surface area contributed by atoms with Crippen molar-refractivity contribution in [3.8, 4) is 0 Å². The van der Waals surface area contributed by atoms with Crippen LogP contribution in [-0.2, 0) is 26.2 Å². The minimum Gasteiger partial charge on any atom is -0.678 e. The average Bonchev–Trinajstić information content (AvgIpc) is 3.09. The van der Waals surface area contributed by atoms with Crippen molar-refractivity contribution in [2.75, 3.05) is 19.6 Å². The standard InChI is InChI=1S/2C19H25N2P.C8H18N2.2CH3.Zr/c2*1-5-20-18(21-19(2,3)4)22(16-12-8-6-9-13-16)17-14-10-7-11-15-17;1-6-9-7(2)10-8(3,4)5;;;/h6-15H,5H2,1-4H3,(H,20,21);6-15,18H,5H2,1-4H3;7H,6H2,1-5H3;2*1H3;/q;2*-2;2*-1;. The van der Waals surface area contributed by atoms with Gasteiger partial charge in [-0.15, -0.1) is 18.0 Å². The molecule has 0 amide bonds. The van der Waals surface area contributed by atoms with E-state index in [4.69, 9.17) is 15.6 Å². The number of amidine groups is 1. The van der Waals surface area contributed by atoms with Gasteiger partial charge in [-0.1, -0.05) is 185 Å². The van der Waals surface area contributed by atoms with Crippen molar-refractivity contribution in [3.05, 3.63) is 157 Å². The maximum absolute atomic E-state index is 5.01. The average molecular weight is 888 g/mol. The Morgan fingerprint density at radius 3 is 1.21 bits per heavy atom. The molecule has 2 atom stereocenters. The van der Waals surface area contributed by atoms with Crippen molar-refractivity contribution in [1.82, 2.24) is 5.32 Å². The molecule has 0 radical (unpaired) electrons. The van der Waals surface area contributed by atoms with Crippen LogP contribution >= 0.6 is 15.8 Å². The third-order valence-electron chi connectivity index (χ3n) is 7.20.